The molecule has 0 radical (unpaired) electrons. The van der Waals surface area contributed by atoms with Crippen molar-refractivity contribution in [1.29, 1.82) is 0 Å². The normalized spacial score (nSPS) is 14.2. The van der Waals surface area contributed by atoms with Gasteiger partial charge in [0.1, 0.15) is 5.75 Å². The first kappa shape index (κ1) is 18.7. The predicted octanol–water partition coefficient (Wildman–Crippen LogP) is -0.185. The number of nitrogens with zero attached hydrogens (tertiary/aromatic N) is 2. The van der Waals surface area contributed by atoms with Crippen molar-refractivity contribution in [1.82, 2.24) is 15.2 Å². The van der Waals surface area contributed by atoms with Crippen LogP contribution >= 0.6 is 0 Å². The van der Waals surface area contributed by atoms with Gasteiger partial charge in [0.25, 0.3) is 5.91 Å². The molecule has 1 saturated heterocycles. The molecule has 1 heterocycles. The molecule has 0 aromatic heterocycles. The maximum absolute atomic E-state index is 12.2. The van der Waals surface area contributed by atoms with Gasteiger partial charge >= 0.3 is 0 Å². The zero-order chi connectivity index (χ0) is 18.2. The van der Waals surface area contributed by atoms with Crippen molar-refractivity contribution in [3.8, 4) is 5.75 Å². The highest BCUT2D eigenvalue weighted by atomic mass is 16.5. The maximum Gasteiger partial charge on any atom is 0.260 e. The van der Waals surface area contributed by atoms with Crippen LogP contribution in [0.25, 0.3) is 0 Å². The van der Waals surface area contributed by atoms with Crippen LogP contribution < -0.4 is 16.0 Å². The minimum absolute atomic E-state index is 0.0198. The van der Waals surface area contributed by atoms with Crippen LogP contribution in [0, 0.1) is 6.92 Å². The summed E-state index contributed by atoms with van der Waals surface area (Å²) >= 11 is 0. The third-order valence-electron chi connectivity index (χ3n) is 4.06. The molecule has 0 spiro atoms. The number of benzene rings is 1. The standard InChI is InChI=1S/C17H24N4O4/c1-13-3-2-4-14(11-13)25-12-17(24)21-9-7-20(8-10-21)16(23)6-5-15(22)19-18/h2-4,11H,5-10,12,18H2,1H3,(H,19,22). The van der Waals surface area contributed by atoms with Crippen LogP contribution in [0.1, 0.15) is 18.4 Å². The molecule has 8 nitrogen and oxygen atoms in total. The van der Waals surface area contributed by atoms with E-state index in [4.69, 9.17) is 10.6 Å². The Morgan fingerprint density at radius 1 is 1.08 bits per heavy atom. The predicted molar refractivity (Wildman–Crippen MR) is 91.4 cm³/mol. The van der Waals surface area contributed by atoms with E-state index in [2.05, 4.69) is 0 Å². The third kappa shape index (κ3) is 5.75. The molecule has 1 aromatic rings. The fourth-order valence-corrected chi connectivity index (χ4v) is 2.60. The van der Waals surface area contributed by atoms with Crippen LogP contribution in [0.4, 0.5) is 0 Å². The van der Waals surface area contributed by atoms with Crippen LogP contribution in [0.2, 0.25) is 0 Å². The zero-order valence-electron chi connectivity index (χ0n) is 14.4. The highest BCUT2D eigenvalue weighted by molar-refractivity contribution is 5.84. The Labute approximate surface area is 146 Å². The summed E-state index contributed by atoms with van der Waals surface area (Å²) in [5.41, 5.74) is 3.07. The summed E-state index contributed by atoms with van der Waals surface area (Å²) in [5.74, 6) is 5.08. The van der Waals surface area contributed by atoms with E-state index in [1.54, 1.807) is 9.80 Å². The second-order valence-electron chi connectivity index (χ2n) is 5.93. The monoisotopic (exact) mass is 348 g/mol. The average Bonchev–Trinajstić information content (AvgIpc) is 2.64. The van der Waals surface area contributed by atoms with Gasteiger partial charge in [-0.05, 0) is 24.6 Å². The number of hydrogen-bond acceptors (Lipinski definition) is 5. The number of hydrazine groups is 1. The molecule has 8 heteroatoms. The Morgan fingerprint density at radius 2 is 1.72 bits per heavy atom. The molecule has 0 atom stereocenters. The second-order valence-corrected chi connectivity index (χ2v) is 5.93. The van der Waals surface area contributed by atoms with Gasteiger partial charge in [0.05, 0.1) is 0 Å². The van der Waals surface area contributed by atoms with E-state index in [9.17, 15) is 14.4 Å². The van der Waals surface area contributed by atoms with Crippen LogP contribution in [-0.4, -0.2) is 60.3 Å². The van der Waals surface area contributed by atoms with Gasteiger partial charge in [-0.2, -0.15) is 0 Å². The van der Waals surface area contributed by atoms with E-state index in [0.717, 1.165) is 5.56 Å². The third-order valence-corrected chi connectivity index (χ3v) is 4.06. The highest BCUT2D eigenvalue weighted by Gasteiger charge is 2.24. The number of piperazine rings is 1. The average molecular weight is 348 g/mol. The molecular formula is C17H24N4O4. The van der Waals surface area contributed by atoms with E-state index >= 15 is 0 Å². The van der Waals surface area contributed by atoms with E-state index in [-0.39, 0.29) is 37.2 Å². The SMILES string of the molecule is Cc1cccc(OCC(=O)N2CCN(C(=O)CCC(=O)NN)CC2)c1. The summed E-state index contributed by atoms with van der Waals surface area (Å²) in [6.45, 7) is 3.78. The highest BCUT2D eigenvalue weighted by Crippen LogP contribution is 2.13. The summed E-state index contributed by atoms with van der Waals surface area (Å²) < 4.78 is 5.53. The van der Waals surface area contributed by atoms with Crippen molar-refractivity contribution in [2.24, 2.45) is 5.84 Å². The summed E-state index contributed by atoms with van der Waals surface area (Å²) in [6, 6.07) is 7.53. The Hall–Kier alpha value is -2.61. The number of amides is 3. The van der Waals surface area contributed by atoms with Gasteiger partial charge < -0.3 is 14.5 Å². The number of carbonyl (C=O) groups is 3. The van der Waals surface area contributed by atoms with E-state index in [1.807, 2.05) is 36.6 Å². The Kier molecular flexibility index (Phi) is 6.76. The summed E-state index contributed by atoms with van der Waals surface area (Å²) in [4.78, 5) is 38.7. The van der Waals surface area contributed by atoms with Crippen molar-refractivity contribution in [2.45, 2.75) is 19.8 Å². The molecule has 1 aromatic carbocycles. The lowest BCUT2D eigenvalue weighted by molar-refractivity contribution is -0.141. The minimum atomic E-state index is -0.365. The van der Waals surface area contributed by atoms with Gasteiger partial charge in [0.15, 0.2) is 6.61 Å². The zero-order valence-corrected chi connectivity index (χ0v) is 14.4. The number of nitrogens with one attached hydrogen (secondary N) is 1. The molecule has 0 bridgehead atoms. The van der Waals surface area contributed by atoms with Gasteiger partial charge in [0, 0.05) is 39.0 Å². The second kappa shape index (κ2) is 9.03. The molecule has 3 N–H and O–H groups in total. The number of aryl methyl sites for hydroxylation is 1. The fourth-order valence-electron chi connectivity index (χ4n) is 2.60. The van der Waals surface area contributed by atoms with Gasteiger partial charge in [-0.3, -0.25) is 19.8 Å². The fraction of sp³-hybridized carbons (Fsp3) is 0.471. The summed E-state index contributed by atoms with van der Waals surface area (Å²) in [6.07, 6.45) is 0.187. The van der Waals surface area contributed by atoms with Crippen molar-refractivity contribution in [2.75, 3.05) is 32.8 Å². The Morgan fingerprint density at radius 3 is 2.32 bits per heavy atom. The summed E-state index contributed by atoms with van der Waals surface area (Å²) in [7, 11) is 0. The first-order valence-electron chi connectivity index (χ1n) is 8.24. The van der Waals surface area contributed by atoms with Crippen molar-refractivity contribution < 1.29 is 19.1 Å². The topological polar surface area (TPSA) is 105 Å². The minimum Gasteiger partial charge on any atom is -0.484 e. The molecule has 1 aliphatic rings. The lowest BCUT2D eigenvalue weighted by atomic mass is 10.2. The van der Waals surface area contributed by atoms with Crippen LogP contribution in [0.15, 0.2) is 24.3 Å². The van der Waals surface area contributed by atoms with Crippen molar-refractivity contribution in [3.05, 3.63) is 29.8 Å². The Bertz CT molecular complexity index is 627. The molecule has 0 unspecified atom stereocenters. The lowest BCUT2D eigenvalue weighted by Gasteiger charge is -2.34. The summed E-state index contributed by atoms with van der Waals surface area (Å²) in [5, 5.41) is 0. The van der Waals surface area contributed by atoms with E-state index in [1.165, 1.54) is 0 Å². The lowest BCUT2D eigenvalue weighted by Crippen LogP contribution is -2.51. The number of nitrogens with two attached hydrogens (primary N) is 1. The molecule has 1 aliphatic heterocycles. The maximum atomic E-state index is 12.2. The van der Waals surface area contributed by atoms with Gasteiger partial charge in [0.2, 0.25) is 11.8 Å². The Balaban J connectivity index is 1.72. The van der Waals surface area contributed by atoms with E-state index < -0.39 is 0 Å². The van der Waals surface area contributed by atoms with E-state index in [0.29, 0.717) is 31.9 Å². The largest absolute Gasteiger partial charge is 0.484 e. The van der Waals surface area contributed by atoms with Gasteiger partial charge in [-0.15, -0.1) is 0 Å². The molecule has 0 aliphatic carbocycles. The van der Waals surface area contributed by atoms with Gasteiger partial charge in [-0.25, -0.2) is 5.84 Å². The molecule has 2 rings (SSSR count). The molecule has 0 saturated carbocycles. The molecule has 3 amide bonds. The van der Waals surface area contributed by atoms with Crippen molar-refractivity contribution >= 4 is 17.7 Å². The molecule has 1 fully saturated rings. The molecule has 136 valence electrons. The van der Waals surface area contributed by atoms with Gasteiger partial charge in [-0.1, -0.05) is 12.1 Å². The quantitative estimate of drug-likeness (QED) is 0.421. The number of carbonyl (C=O) groups excluding carboxylic acids is 3. The number of hydrogen-bond donors (Lipinski definition) is 2. The molecular weight excluding hydrogens is 324 g/mol. The first-order valence-corrected chi connectivity index (χ1v) is 8.24. The number of ether oxygens (including phenoxy) is 1. The smallest absolute Gasteiger partial charge is 0.260 e. The number of rotatable bonds is 6. The first-order chi connectivity index (χ1) is 12.0. The van der Waals surface area contributed by atoms with Crippen LogP contribution in [-0.2, 0) is 14.4 Å². The van der Waals surface area contributed by atoms with Crippen LogP contribution in [0.5, 0.6) is 5.75 Å². The molecule has 25 heavy (non-hydrogen) atoms. The van der Waals surface area contributed by atoms with Crippen LogP contribution in [0.3, 0.4) is 0 Å². The van der Waals surface area contributed by atoms with Crippen molar-refractivity contribution in [3.63, 3.8) is 0 Å².